The zero-order chi connectivity index (χ0) is 10.8. The van der Waals surface area contributed by atoms with E-state index < -0.39 is 11.7 Å². The number of methoxy groups -OCH3 is 1. The zero-order valence-electron chi connectivity index (χ0n) is 7.22. The summed E-state index contributed by atoms with van der Waals surface area (Å²) in [5, 5.41) is 0. The van der Waals surface area contributed by atoms with E-state index in [9.17, 15) is 13.2 Å². The van der Waals surface area contributed by atoms with Crippen LogP contribution in [0.2, 0.25) is 0 Å². The molecule has 1 rings (SSSR count). The zero-order valence-corrected chi connectivity index (χ0v) is 7.22. The van der Waals surface area contributed by atoms with Crippen LogP contribution in [0.15, 0.2) is 18.2 Å². The molecular formula is C9H6F3NO. The normalized spacial score (nSPS) is 10.8. The number of ether oxygens (including phenoxy) is 1. The highest BCUT2D eigenvalue weighted by molar-refractivity contribution is 5.59. The molecule has 0 unspecified atom stereocenters. The Hall–Kier alpha value is -1.70. The summed E-state index contributed by atoms with van der Waals surface area (Å²) in [7, 11) is 1.30. The van der Waals surface area contributed by atoms with Crippen molar-refractivity contribution in [3.8, 4) is 5.75 Å². The van der Waals surface area contributed by atoms with Gasteiger partial charge in [-0.25, -0.2) is 4.85 Å². The summed E-state index contributed by atoms with van der Waals surface area (Å²) < 4.78 is 41.3. The molecule has 0 N–H and O–H groups in total. The van der Waals surface area contributed by atoms with Crippen molar-refractivity contribution in [2.24, 2.45) is 0 Å². The van der Waals surface area contributed by atoms with Gasteiger partial charge in [-0.05, 0) is 18.2 Å². The SMILES string of the molecule is [C-]#[N+]c1cc(C(F)(F)F)ccc1OC. The molecule has 0 spiro atoms. The third kappa shape index (κ3) is 1.96. The van der Waals surface area contributed by atoms with Gasteiger partial charge in [-0.15, -0.1) is 0 Å². The molecule has 74 valence electrons. The lowest BCUT2D eigenvalue weighted by Crippen LogP contribution is -2.04. The van der Waals surface area contributed by atoms with Crippen LogP contribution in [0.4, 0.5) is 18.9 Å². The summed E-state index contributed by atoms with van der Waals surface area (Å²) >= 11 is 0. The number of benzene rings is 1. The van der Waals surface area contributed by atoms with Gasteiger partial charge in [0.2, 0.25) is 5.69 Å². The van der Waals surface area contributed by atoms with Crippen LogP contribution in [-0.4, -0.2) is 7.11 Å². The van der Waals surface area contributed by atoms with E-state index in [0.29, 0.717) is 0 Å². The van der Waals surface area contributed by atoms with Crippen LogP contribution in [0.1, 0.15) is 5.56 Å². The fraction of sp³-hybridized carbons (Fsp3) is 0.222. The monoisotopic (exact) mass is 201 g/mol. The lowest BCUT2D eigenvalue weighted by Gasteiger charge is -2.08. The highest BCUT2D eigenvalue weighted by atomic mass is 19.4. The highest BCUT2D eigenvalue weighted by Gasteiger charge is 2.30. The van der Waals surface area contributed by atoms with E-state index in [0.717, 1.165) is 18.2 Å². The van der Waals surface area contributed by atoms with Crippen molar-refractivity contribution >= 4 is 5.69 Å². The van der Waals surface area contributed by atoms with Gasteiger partial charge in [0.15, 0.2) is 0 Å². The average molecular weight is 201 g/mol. The second-order valence-electron chi connectivity index (χ2n) is 2.50. The number of halogens is 3. The van der Waals surface area contributed by atoms with Gasteiger partial charge >= 0.3 is 6.18 Å². The number of alkyl halides is 3. The Morgan fingerprint density at radius 2 is 2.00 bits per heavy atom. The molecule has 0 bridgehead atoms. The van der Waals surface area contributed by atoms with Crippen LogP contribution in [0.3, 0.4) is 0 Å². The Balaban J connectivity index is 3.23. The summed E-state index contributed by atoms with van der Waals surface area (Å²) in [6, 6.07) is 2.79. The predicted octanol–water partition coefficient (Wildman–Crippen LogP) is 3.26. The smallest absolute Gasteiger partial charge is 0.415 e. The molecule has 0 heterocycles. The number of rotatable bonds is 1. The highest BCUT2D eigenvalue weighted by Crippen LogP contribution is 2.36. The second-order valence-corrected chi connectivity index (χ2v) is 2.50. The van der Waals surface area contributed by atoms with Gasteiger partial charge in [-0.1, -0.05) is 0 Å². The first kappa shape index (κ1) is 10.4. The van der Waals surface area contributed by atoms with Gasteiger partial charge in [0.05, 0.1) is 13.7 Å². The van der Waals surface area contributed by atoms with Crippen LogP contribution in [0, 0.1) is 6.57 Å². The first-order valence-electron chi connectivity index (χ1n) is 3.61. The van der Waals surface area contributed by atoms with E-state index in [1.807, 2.05) is 0 Å². The third-order valence-corrected chi connectivity index (χ3v) is 1.63. The number of nitrogens with zero attached hydrogens (tertiary/aromatic N) is 1. The molecule has 0 fully saturated rings. The van der Waals surface area contributed by atoms with Gasteiger partial charge in [-0.2, -0.15) is 13.2 Å². The van der Waals surface area contributed by atoms with Gasteiger partial charge in [0.25, 0.3) is 0 Å². The minimum atomic E-state index is -4.42. The van der Waals surface area contributed by atoms with Crippen LogP contribution < -0.4 is 4.74 Å². The molecule has 0 saturated carbocycles. The van der Waals surface area contributed by atoms with Crippen LogP contribution >= 0.6 is 0 Å². The summed E-state index contributed by atoms with van der Waals surface area (Å²) in [5.74, 6) is 0.146. The van der Waals surface area contributed by atoms with Gasteiger partial charge in [0.1, 0.15) is 5.75 Å². The van der Waals surface area contributed by atoms with E-state index in [-0.39, 0.29) is 11.4 Å². The molecule has 2 nitrogen and oxygen atoms in total. The van der Waals surface area contributed by atoms with Crippen molar-refractivity contribution < 1.29 is 17.9 Å². The third-order valence-electron chi connectivity index (χ3n) is 1.63. The van der Waals surface area contributed by atoms with Crippen molar-refractivity contribution in [3.05, 3.63) is 35.2 Å². The predicted molar refractivity (Wildman–Crippen MR) is 44.3 cm³/mol. The van der Waals surface area contributed by atoms with Crippen LogP contribution in [-0.2, 0) is 6.18 Å². The van der Waals surface area contributed by atoms with Gasteiger partial charge < -0.3 is 4.74 Å². The van der Waals surface area contributed by atoms with Crippen molar-refractivity contribution in [2.45, 2.75) is 6.18 Å². The van der Waals surface area contributed by atoms with Crippen molar-refractivity contribution in [2.75, 3.05) is 7.11 Å². The van der Waals surface area contributed by atoms with E-state index in [1.165, 1.54) is 7.11 Å². The van der Waals surface area contributed by atoms with Gasteiger partial charge in [-0.3, -0.25) is 0 Å². The molecule has 1 aromatic carbocycles. The fourth-order valence-electron chi connectivity index (χ4n) is 0.954. The lowest BCUT2D eigenvalue weighted by atomic mass is 10.2. The maximum atomic E-state index is 12.2. The van der Waals surface area contributed by atoms with E-state index in [1.54, 1.807) is 0 Å². The lowest BCUT2D eigenvalue weighted by molar-refractivity contribution is -0.137. The Labute approximate surface area is 78.7 Å². The molecule has 0 aliphatic rings. The minimum absolute atomic E-state index is 0.137. The fourth-order valence-corrected chi connectivity index (χ4v) is 0.954. The number of hydrogen-bond acceptors (Lipinski definition) is 1. The van der Waals surface area contributed by atoms with E-state index in [4.69, 9.17) is 11.3 Å². The molecule has 0 aliphatic carbocycles. The first-order chi connectivity index (χ1) is 6.49. The largest absolute Gasteiger partial charge is 0.508 e. The molecule has 0 aromatic heterocycles. The Morgan fingerprint density at radius 1 is 1.36 bits per heavy atom. The maximum absolute atomic E-state index is 12.2. The Bertz CT molecular complexity index is 379. The van der Waals surface area contributed by atoms with Crippen molar-refractivity contribution in [1.82, 2.24) is 0 Å². The summed E-state index contributed by atoms with van der Waals surface area (Å²) in [4.78, 5) is 2.94. The van der Waals surface area contributed by atoms with Crippen molar-refractivity contribution in [1.29, 1.82) is 0 Å². The molecular weight excluding hydrogens is 195 g/mol. The second kappa shape index (κ2) is 3.58. The maximum Gasteiger partial charge on any atom is 0.415 e. The topological polar surface area (TPSA) is 13.6 Å². The molecule has 0 amide bonds. The summed E-state index contributed by atoms with van der Waals surface area (Å²) in [5.41, 5.74) is -0.980. The molecule has 1 aromatic rings. The molecule has 0 atom stereocenters. The van der Waals surface area contributed by atoms with Crippen LogP contribution in [0.5, 0.6) is 5.75 Å². The summed E-state index contributed by atoms with van der Waals surface area (Å²) in [6.45, 7) is 6.67. The minimum Gasteiger partial charge on any atom is -0.508 e. The van der Waals surface area contributed by atoms with Gasteiger partial charge in [0, 0.05) is 5.56 Å². The number of hydrogen-bond donors (Lipinski definition) is 0. The molecule has 14 heavy (non-hydrogen) atoms. The average Bonchev–Trinajstić information content (AvgIpc) is 2.15. The quantitative estimate of drug-likeness (QED) is 0.636. The summed E-state index contributed by atoms with van der Waals surface area (Å²) in [6.07, 6.45) is -4.42. The molecule has 0 radical (unpaired) electrons. The Morgan fingerprint density at radius 3 is 2.43 bits per heavy atom. The molecule has 0 saturated heterocycles. The Kier molecular flexibility index (Phi) is 2.65. The van der Waals surface area contributed by atoms with Crippen LogP contribution in [0.25, 0.3) is 4.85 Å². The molecule has 0 aliphatic heterocycles. The van der Waals surface area contributed by atoms with E-state index >= 15 is 0 Å². The van der Waals surface area contributed by atoms with Crippen molar-refractivity contribution in [3.63, 3.8) is 0 Å². The molecule has 5 heteroatoms. The van der Waals surface area contributed by atoms with E-state index in [2.05, 4.69) is 4.85 Å². The first-order valence-corrected chi connectivity index (χ1v) is 3.61. The standard InChI is InChI=1S/C9H6F3NO/c1-13-7-5-6(9(10,11)12)3-4-8(7)14-2/h3-5H,2H3.